The monoisotopic (exact) mass is 251 g/mol. The van der Waals surface area contributed by atoms with Crippen molar-refractivity contribution in [2.75, 3.05) is 11.9 Å². The second-order valence-electron chi connectivity index (χ2n) is 3.94. The number of nitrogens with one attached hydrogen (secondary N) is 2. The molecule has 7 heteroatoms. The summed E-state index contributed by atoms with van der Waals surface area (Å²) in [4.78, 5) is 0. The van der Waals surface area contributed by atoms with Gasteiger partial charge in [-0.05, 0) is 20.4 Å². The Morgan fingerprint density at radius 1 is 1.17 bits per heavy atom. The normalized spacial score (nSPS) is 10.8. The van der Waals surface area contributed by atoms with E-state index in [4.69, 9.17) is 8.94 Å². The summed E-state index contributed by atoms with van der Waals surface area (Å²) >= 11 is 0. The minimum Gasteiger partial charge on any atom is -0.407 e. The van der Waals surface area contributed by atoms with Gasteiger partial charge in [0, 0.05) is 12.1 Å². The fourth-order valence-corrected chi connectivity index (χ4v) is 1.55. The lowest BCUT2D eigenvalue weighted by Gasteiger charge is -2.00. The molecule has 0 atom stereocenters. The van der Waals surface area contributed by atoms with Crippen LogP contribution in [0.5, 0.6) is 0 Å². The number of hydrogen-bond donors (Lipinski definition) is 2. The van der Waals surface area contributed by atoms with Gasteiger partial charge in [-0.15, -0.1) is 5.10 Å². The van der Waals surface area contributed by atoms with Gasteiger partial charge in [-0.1, -0.05) is 17.2 Å². The highest BCUT2D eigenvalue weighted by Gasteiger charge is 2.10. The molecule has 0 aliphatic heterocycles. The van der Waals surface area contributed by atoms with Gasteiger partial charge in [0.15, 0.2) is 0 Å². The molecule has 2 N–H and O–H groups in total. The standard InChI is InChI=1S/C11H17N5O2/c1-4-12-6-10-14-15-11(17-10)13-5-9-7(2)16-18-8(9)3/h12H,4-6H2,1-3H3,(H,13,15). The second-order valence-corrected chi connectivity index (χ2v) is 3.94. The predicted octanol–water partition coefficient (Wildman–Crippen LogP) is 1.40. The summed E-state index contributed by atoms with van der Waals surface area (Å²) in [6, 6.07) is 0.405. The zero-order chi connectivity index (χ0) is 13.0. The van der Waals surface area contributed by atoms with Crippen LogP contribution in [0.4, 0.5) is 6.01 Å². The number of anilines is 1. The van der Waals surface area contributed by atoms with Gasteiger partial charge >= 0.3 is 6.01 Å². The molecule has 0 aromatic carbocycles. The molecule has 0 unspecified atom stereocenters. The minimum absolute atomic E-state index is 0.405. The lowest BCUT2D eigenvalue weighted by atomic mass is 10.2. The molecule has 0 fully saturated rings. The predicted molar refractivity (Wildman–Crippen MR) is 65.0 cm³/mol. The number of hydrogen-bond acceptors (Lipinski definition) is 7. The van der Waals surface area contributed by atoms with Crippen molar-refractivity contribution in [3.8, 4) is 0 Å². The SMILES string of the molecule is CCNCc1nnc(NCc2c(C)noc2C)o1. The van der Waals surface area contributed by atoms with Crippen LogP contribution in [0.1, 0.15) is 29.8 Å². The Labute approximate surface area is 105 Å². The Balaban J connectivity index is 1.92. The third-order valence-corrected chi connectivity index (χ3v) is 2.59. The van der Waals surface area contributed by atoms with Crippen LogP contribution < -0.4 is 10.6 Å². The molecule has 0 spiro atoms. The molecule has 0 aliphatic carbocycles. The molecule has 0 bridgehead atoms. The summed E-state index contributed by atoms with van der Waals surface area (Å²) in [7, 11) is 0. The summed E-state index contributed by atoms with van der Waals surface area (Å²) in [5, 5.41) is 17.9. The maximum atomic E-state index is 5.42. The maximum Gasteiger partial charge on any atom is 0.315 e. The van der Waals surface area contributed by atoms with Crippen LogP contribution in [0, 0.1) is 13.8 Å². The van der Waals surface area contributed by atoms with Crippen LogP contribution >= 0.6 is 0 Å². The molecule has 7 nitrogen and oxygen atoms in total. The third-order valence-electron chi connectivity index (χ3n) is 2.59. The first-order chi connectivity index (χ1) is 8.70. The van der Waals surface area contributed by atoms with E-state index in [0.717, 1.165) is 23.6 Å². The van der Waals surface area contributed by atoms with Gasteiger partial charge in [0.05, 0.1) is 12.2 Å². The van der Waals surface area contributed by atoms with Crippen LogP contribution in [0.25, 0.3) is 0 Å². The average Bonchev–Trinajstić information content (AvgIpc) is 2.93. The van der Waals surface area contributed by atoms with E-state index in [2.05, 4.69) is 26.0 Å². The van der Waals surface area contributed by atoms with Crippen molar-refractivity contribution in [3.63, 3.8) is 0 Å². The lowest BCUT2D eigenvalue weighted by molar-refractivity contribution is 0.392. The van der Waals surface area contributed by atoms with Gasteiger partial charge in [-0.2, -0.15) is 0 Å². The Morgan fingerprint density at radius 3 is 2.67 bits per heavy atom. The van der Waals surface area contributed by atoms with Gasteiger partial charge in [0.1, 0.15) is 5.76 Å². The Hall–Kier alpha value is -1.89. The van der Waals surface area contributed by atoms with Crippen molar-refractivity contribution in [1.82, 2.24) is 20.7 Å². The van der Waals surface area contributed by atoms with Gasteiger partial charge in [-0.3, -0.25) is 0 Å². The van der Waals surface area contributed by atoms with Crippen LogP contribution in [0.15, 0.2) is 8.94 Å². The topological polar surface area (TPSA) is 89.0 Å². The van der Waals surface area contributed by atoms with Crippen molar-refractivity contribution < 1.29 is 8.94 Å². The largest absolute Gasteiger partial charge is 0.407 e. The van der Waals surface area contributed by atoms with Crippen molar-refractivity contribution in [2.45, 2.75) is 33.9 Å². The van der Waals surface area contributed by atoms with Gasteiger partial charge < -0.3 is 19.6 Å². The molecular formula is C11H17N5O2. The van der Waals surface area contributed by atoms with E-state index >= 15 is 0 Å². The molecule has 2 heterocycles. The summed E-state index contributed by atoms with van der Waals surface area (Å²) in [6.45, 7) is 7.80. The zero-order valence-electron chi connectivity index (χ0n) is 10.8. The minimum atomic E-state index is 0.405. The van der Waals surface area contributed by atoms with E-state index in [1.54, 1.807) is 0 Å². The molecule has 0 saturated carbocycles. The summed E-state index contributed by atoms with van der Waals surface area (Å²) in [5.41, 5.74) is 1.88. The van der Waals surface area contributed by atoms with Crippen molar-refractivity contribution in [1.29, 1.82) is 0 Å². The van der Waals surface area contributed by atoms with Crippen molar-refractivity contribution in [2.24, 2.45) is 0 Å². The Morgan fingerprint density at radius 2 is 2.00 bits per heavy atom. The van der Waals surface area contributed by atoms with Crippen molar-refractivity contribution in [3.05, 3.63) is 22.9 Å². The Bertz CT molecular complexity index is 486. The van der Waals surface area contributed by atoms with E-state index in [-0.39, 0.29) is 0 Å². The van der Waals surface area contributed by atoms with E-state index < -0.39 is 0 Å². The first-order valence-electron chi connectivity index (χ1n) is 5.89. The Kier molecular flexibility index (Phi) is 3.93. The zero-order valence-corrected chi connectivity index (χ0v) is 10.8. The highest BCUT2D eigenvalue weighted by molar-refractivity contribution is 5.27. The molecule has 0 radical (unpaired) electrons. The first kappa shape index (κ1) is 12.6. The summed E-state index contributed by atoms with van der Waals surface area (Å²) < 4.78 is 10.5. The molecule has 2 aromatic heterocycles. The van der Waals surface area contributed by atoms with Crippen LogP contribution in [-0.4, -0.2) is 21.9 Å². The quantitative estimate of drug-likeness (QED) is 0.802. The third kappa shape index (κ3) is 2.86. The van der Waals surface area contributed by atoms with E-state index in [1.165, 1.54) is 0 Å². The van der Waals surface area contributed by atoms with E-state index in [0.29, 0.717) is 25.0 Å². The number of rotatable bonds is 6. The van der Waals surface area contributed by atoms with Gasteiger partial charge in [-0.25, -0.2) is 0 Å². The lowest BCUT2D eigenvalue weighted by Crippen LogP contribution is -2.11. The highest BCUT2D eigenvalue weighted by Crippen LogP contribution is 2.14. The van der Waals surface area contributed by atoms with E-state index in [9.17, 15) is 0 Å². The van der Waals surface area contributed by atoms with Gasteiger partial charge in [0.2, 0.25) is 5.89 Å². The van der Waals surface area contributed by atoms with Crippen LogP contribution in [0.2, 0.25) is 0 Å². The molecule has 2 rings (SSSR count). The first-order valence-corrected chi connectivity index (χ1v) is 5.89. The summed E-state index contributed by atoms with van der Waals surface area (Å²) in [5.74, 6) is 1.37. The molecule has 98 valence electrons. The molecule has 0 aliphatic rings. The van der Waals surface area contributed by atoms with Crippen LogP contribution in [0.3, 0.4) is 0 Å². The molecule has 18 heavy (non-hydrogen) atoms. The fraction of sp³-hybridized carbons (Fsp3) is 0.545. The smallest absolute Gasteiger partial charge is 0.315 e. The number of nitrogens with zero attached hydrogens (tertiary/aromatic N) is 3. The molecule has 0 amide bonds. The second kappa shape index (κ2) is 5.63. The van der Waals surface area contributed by atoms with Gasteiger partial charge in [0.25, 0.3) is 0 Å². The molecule has 0 saturated heterocycles. The molecule has 2 aromatic rings. The highest BCUT2D eigenvalue weighted by atomic mass is 16.5. The number of aryl methyl sites for hydroxylation is 2. The average molecular weight is 251 g/mol. The van der Waals surface area contributed by atoms with E-state index in [1.807, 2.05) is 20.8 Å². The summed E-state index contributed by atoms with van der Waals surface area (Å²) in [6.07, 6.45) is 0. The maximum absolute atomic E-state index is 5.42. The van der Waals surface area contributed by atoms with Crippen LogP contribution in [-0.2, 0) is 13.1 Å². The number of aromatic nitrogens is 3. The molecular weight excluding hydrogens is 234 g/mol. The van der Waals surface area contributed by atoms with Crippen molar-refractivity contribution >= 4 is 6.01 Å². The fourth-order valence-electron chi connectivity index (χ4n) is 1.55.